The lowest BCUT2D eigenvalue weighted by Gasteiger charge is -2.12. The third-order valence-corrected chi connectivity index (χ3v) is 6.04. The summed E-state index contributed by atoms with van der Waals surface area (Å²) in [6, 6.07) is 21.9. The fraction of sp³-hybridized carbons (Fsp3) is 0.0833. The van der Waals surface area contributed by atoms with Gasteiger partial charge in [-0.3, -0.25) is 9.36 Å². The second-order valence-corrected chi connectivity index (χ2v) is 8.13. The van der Waals surface area contributed by atoms with E-state index in [1.807, 2.05) is 30.3 Å². The van der Waals surface area contributed by atoms with E-state index in [0.29, 0.717) is 27.6 Å². The molecule has 30 heavy (non-hydrogen) atoms. The second-order valence-electron chi connectivity index (χ2n) is 7.18. The van der Waals surface area contributed by atoms with Crippen LogP contribution in [0.3, 0.4) is 0 Å². The molecule has 0 aliphatic rings. The summed E-state index contributed by atoms with van der Waals surface area (Å²) in [5.74, 6) is 0.323. The molecule has 4 nitrogen and oxygen atoms in total. The predicted octanol–water partition coefficient (Wildman–Crippen LogP) is 5.61. The Balaban J connectivity index is 1.71. The van der Waals surface area contributed by atoms with E-state index in [9.17, 15) is 9.18 Å². The summed E-state index contributed by atoms with van der Waals surface area (Å²) in [5.41, 5.74) is 4.68. The number of fused-ring (bicyclic) bond motifs is 3. The highest BCUT2D eigenvalue weighted by Crippen LogP contribution is 2.28. The van der Waals surface area contributed by atoms with Gasteiger partial charge in [0.25, 0.3) is 5.56 Å². The number of thioether (sulfide) groups is 1. The molecule has 0 bridgehead atoms. The van der Waals surface area contributed by atoms with Crippen molar-refractivity contribution in [3.8, 4) is 5.69 Å². The Morgan fingerprint density at radius 3 is 2.63 bits per heavy atom. The van der Waals surface area contributed by atoms with Crippen LogP contribution in [-0.2, 0) is 5.75 Å². The zero-order valence-corrected chi connectivity index (χ0v) is 17.0. The maximum atomic E-state index is 13.5. The number of hydrogen-bond donors (Lipinski definition) is 1. The molecular formula is C24H18FN3OS. The van der Waals surface area contributed by atoms with Gasteiger partial charge in [-0.1, -0.05) is 59.8 Å². The van der Waals surface area contributed by atoms with Gasteiger partial charge in [-0.05, 0) is 42.8 Å². The molecule has 0 atom stereocenters. The van der Waals surface area contributed by atoms with Crippen LogP contribution in [-0.4, -0.2) is 14.5 Å². The molecule has 0 saturated heterocycles. The highest BCUT2D eigenvalue weighted by Gasteiger charge is 2.17. The maximum absolute atomic E-state index is 13.5. The van der Waals surface area contributed by atoms with Gasteiger partial charge in [-0.15, -0.1) is 0 Å². The van der Waals surface area contributed by atoms with Crippen LogP contribution in [0.15, 0.2) is 82.7 Å². The summed E-state index contributed by atoms with van der Waals surface area (Å²) in [6.07, 6.45) is 0. The molecule has 5 rings (SSSR count). The molecular weight excluding hydrogens is 397 g/mol. The fourth-order valence-electron chi connectivity index (χ4n) is 3.61. The molecule has 0 spiro atoms. The van der Waals surface area contributed by atoms with E-state index in [-0.39, 0.29) is 11.4 Å². The van der Waals surface area contributed by atoms with Crippen LogP contribution < -0.4 is 5.56 Å². The molecule has 0 radical (unpaired) electrons. The molecule has 0 amide bonds. The number of nitrogens with zero attached hydrogens (tertiary/aromatic N) is 2. The Bertz CT molecular complexity index is 1440. The Morgan fingerprint density at radius 1 is 1.03 bits per heavy atom. The number of benzene rings is 3. The third kappa shape index (κ3) is 3.29. The van der Waals surface area contributed by atoms with Crippen molar-refractivity contribution in [1.29, 1.82) is 0 Å². The smallest absolute Gasteiger partial charge is 0.283 e. The van der Waals surface area contributed by atoms with E-state index in [4.69, 9.17) is 4.98 Å². The molecule has 0 aliphatic carbocycles. The zero-order chi connectivity index (χ0) is 20.7. The molecule has 0 aliphatic heterocycles. The van der Waals surface area contributed by atoms with Crippen LogP contribution in [0.2, 0.25) is 0 Å². The van der Waals surface area contributed by atoms with Crippen molar-refractivity contribution in [3.05, 3.63) is 100 Å². The molecule has 1 N–H and O–H groups in total. The summed E-state index contributed by atoms with van der Waals surface area (Å²) in [7, 11) is 0. The topological polar surface area (TPSA) is 50.7 Å². The number of rotatable bonds is 4. The Morgan fingerprint density at radius 2 is 1.83 bits per heavy atom. The van der Waals surface area contributed by atoms with Crippen molar-refractivity contribution < 1.29 is 4.39 Å². The highest BCUT2D eigenvalue weighted by atomic mass is 32.2. The minimum atomic E-state index is -0.347. The summed E-state index contributed by atoms with van der Waals surface area (Å²) in [4.78, 5) is 21.5. The second kappa shape index (κ2) is 7.46. The molecule has 5 aromatic rings. The lowest BCUT2D eigenvalue weighted by atomic mass is 10.2. The Hall–Kier alpha value is -3.38. The van der Waals surface area contributed by atoms with Crippen LogP contribution in [0.1, 0.15) is 11.1 Å². The predicted molar refractivity (Wildman–Crippen MR) is 120 cm³/mol. The summed E-state index contributed by atoms with van der Waals surface area (Å²) < 4.78 is 15.0. The lowest BCUT2D eigenvalue weighted by Crippen LogP contribution is -2.21. The van der Waals surface area contributed by atoms with Gasteiger partial charge in [0.05, 0.1) is 5.69 Å². The van der Waals surface area contributed by atoms with Crippen molar-refractivity contribution >= 4 is 33.7 Å². The van der Waals surface area contributed by atoms with Gasteiger partial charge in [0, 0.05) is 16.7 Å². The Kier molecular flexibility index (Phi) is 4.64. The van der Waals surface area contributed by atoms with Gasteiger partial charge in [-0.2, -0.15) is 0 Å². The van der Waals surface area contributed by atoms with E-state index in [0.717, 1.165) is 16.5 Å². The highest BCUT2D eigenvalue weighted by molar-refractivity contribution is 7.98. The normalized spacial score (nSPS) is 11.4. The standard InChI is InChI=1S/C24H18FN3OS/c1-15-5-4-6-16(13-15)14-30-24-27-21-19-7-2-3-8-20(19)26-22(21)23(29)28(24)18-11-9-17(25)10-12-18/h2-13,26H,14H2,1H3. The van der Waals surface area contributed by atoms with Crippen molar-refractivity contribution in [1.82, 2.24) is 14.5 Å². The number of H-pyrrole nitrogens is 1. The van der Waals surface area contributed by atoms with Gasteiger partial charge in [0.1, 0.15) is 16.9 Å². The molecule has 0 saturated carbocycles. The first-order chi connectivity index (χ1) is 14.6. The molecule has 148 valence electrons. The quantitative estimate of drug-likeness (QED) is 0.307. The van der Waals surface area contributed by atoms with E-state index < -0.39 is 0 Å². The zero-order valence-electron chi connectivity index (χ0n) is 16.2. The van der Waals surface area contributed by atoms with Gasteiger partial charge in [-0.25, -0.2) is 9.37 Å². The van der Waals surface area contributed by atoms with Crippen LogP contribution in [0.4, 0.5) is 4.39 Å². The third-order valence-electron chi connectivity index (χ3n) is 5.03. The first-order valence-electron chi connectivity index (χ1n) is 9.58. The van der Waals surface area contributed by atoms with E-state index in [1.54, 1.807) is 16.7 Å². The van der Waals surface area contributed by atoms with Gasteiger partial charge < -0.3 is 4.98 Å². The number of aromatic amines is 1. The number of para-hydroxylation sites is 1. The van der Waals surface area contributed by atoms with E-state index in [2.05, 4.69) is 30.1 Å². The maximum Gasteiger partial charge on any atom is 0.283 e. The largest absolute Gasteiger partial charge is 0.349 e. The summed E-state index contributed by atoms with van der Waals surface area (Å²) >= 11 is 1.49. The van der Waals surface area contributed by atoms with Crippen molar-refractivity contribution in [2.45, 2.75) is 17.8 Å². The molecule has 2 aromatic heterocycles. The molecule has 6 heteroatoms. The minimum absolute atomic E-state index is 0.199. The SMILES string of the molecule is Cc1cccc(CSc2nc3c([nH]c4ccccc43)c(=O)n2-c2ccc(F)cc2)c1. The van der Waals surface area contributed by atoms with Gasteiger partial charge >= 0.3 is 0 Å². The monoisotopic (exact) mass is 415 g/mol. The van der Waals surface area contributed by atoms with Crippen LogP contribution in [0, 0.1) is 12.7 Å². The van der Waals surface area contributed by atoms with Crippen LogP contribution >= 0.6 is 11.8 Å². The Labute approximate surface area is 176 Å². The van der Waals surface area contributed by atoms with Crippen molar-refractivity contribution in [2.24, 2.45) is 0 Å². The van der Waals surface area contributed by atoms with Gasteiger partial charge in [0.2, 0.25) is 0 Å². The molecule has 0 unspecified atom stereocenters. The molecule has 3 aromatic carbocycles. The minimum Gasteiger partial charge on any atom is -0.349 e. The molecule has 2 heterocycles. The van der Waals surface area contributed by atoms with Crippen molar-refractivity contribution in [3.63, 3.8) is 0 Å². The summed E-state index contributed by atoms with van der Waals surface area (Å²) in [6.45, 7) is 2.05. The number of halogens is 1. The average molecular weight is 415 g/mol. The number of nitrogens with one attached hydrogen (secondary N) is 1. The number of aromatic nitrogens is 3. The molecule has 0 fully saturated rings. The number of aryl methyl sites for hydroxylation is 1. The number of hydrogen-bond acceptors (Lipinski definition) is 3. The lowest BCUT2D eigenvalue weighted by molar-refractivity contribution is 0.627. The van der Waals surface area contributed by atoms with E-state index in [1.165, 1.54) is 29.5 Å². The first kappa shape index (κ1) is 18.6. The van der Waals surface area contributed by atoms with Crippen molar-refractivity contribution in [2.75, 3.05) is 0 Å². The fourth-order valence-corrected chi connectivity index (χ4v) is 4.56. The summed E-state index contributed by atoms with van der Waals surface area (Å²) in [5, 5.41) is 1.48. The van der Waals surface area contributed by atoms with Gasteiger partial charge in [0.15, 0.2) is 5.16 Å². The first-order valence-corrected chi connectivity index (χ1v) is 10.6. The average Bonchev–Trinajstić information content (AvgIpc) is 3.12. The van der Waals surface area contributed by atoms with Crippen LogP contribution in [0.5, 0.6) is 0 Å². The van der Waals surface area contributed by atoms with Crippen LogP contribution in [0.25, 0.3) is 27.6 Å². The van der Waals surface area contributed by atoms with E-state index >= 15 is 0 Å².